The fraction of sp³-hybridized carbons (Fsp3) is 0.636. The van der Waals surface area contributed by atoms with Crippen LogP contribution in [0.15, 0.2) is 0 Å². The number of nitrogens with two attached hydrogens (primary N) is 1. The van der Waals surface area contributed by atoms with Gasteiger partial charge in [-0.15, -0.1) is 0 Å². The molecule has 4 N–H and O–H groups in total. The second-order valence-electron chi connectivity index (χ2n) is 5.16. The van der Waals surface area contributed by atoms with Crippen molar-refractivity contribution < 1.29 is 4.79 Å². The lowest BCUT2D eigenvalue weighted by Gasteiger charge is -2.25. The van der Waals surface area contributed by atoms with Crippen LogP contribution >= 0.6 is 0 Å². The molecule has 0 fully saturated rings. The Bertz CT molecular complexity index is 389. The third-order valence-corrected chi connectivity index (χ3v) is 2.71. The average Bonchev–Trinajstić information content (AvgIpc) is 2.47. The largest absolute Gasteiger partial charge is 0.319 e. The molecule has 1 atom stereocenters. The van der Waals surface area contributed by atoms with Crippen molar-refractivity contribution in [2.45, 2.75) is 40.7 Å². The van der Waals surface area contributed by atoms with Crippen LogP contribution in [0.25, 0.3) is 0 Å². The fourth-order valence-electron chi connectivity index (χ4n) is 1.19. The number of nitrogens with one attached hydrogen (secondary N) is 2. The van der Waals surface area contributed by atoms with Crippen molar-refractivity contribution in [2.75, 3.05) is 5.32 Å². The fourth-order valence-corrected chi connectivity index (χ4v) is 1.19. The second kappa shape index (κ2) is 4.25. The summed E-state index contributed by atoms with van der Waals surface area (Å²) in [6.07, 6.45) is 0. The molecule has 0 bridgehead atoms. The Labute approximate surface area is 95.8 Å². The van der Waals surface area contributed by atoms with E-state index >= 15 is 0 Å². The molecule has 1 aromatic rings. The molecule has 1 amide bonds. The van der Waals surface area contributed by atoms with Gasteiger partial charge in [-0.2, -0.15) is 5.10 Å². The average molecular weight is 224 g/mol. The van der Waals surface area contributed by atoms with E-state index in [1.807, 2.05) is 34.6 Å². The minimum Gasteiger partial charge on any atom is -0.319 e. The van der Waals surface area contributed by atoms with Gasteiger partial charge >= 0.3 is 0 Å². The van der Waals surface area contributed by atoms with Crippen LogP contribution in [0.3, 0.4) is 0 Å². The molecule has 0 aliphatic rings. The summed E-state index contributed by atoms with van der Waals surface area (Å²) >= 11 is 0. The minimum atomic E-state index is -0.552. The molecule has 1 rings (SSSR count). The van der Waals surface area contributed by atoms with Crippen LogP contribution in [0.4, 0.5) is 5.82 Å². The van der Waals surface area contributed by atoms with Crippen LogP contribution in [0.2, 0.25) is 0 Å². The minimum absolute atomic E-state index is 0.206. The number of nitrogens with zero attached hydrogens (tertiary/aromatic N) is 1. The van der Waals surface area contributed by atoms with Crippen LogP contribution in [0, 0.1) is 19.3 Å². The maximum Gasteiger partial charge on any atom is 0.243 e. The molecule has 0 saturated carbocycles. The summed E-state index contributed by atoms with van der Waals surface area (Å²) in [6, 6.07) is -0.552. The Kier molecular flexibility index (Phi) is 3.38. The molecular weight excluding hydrogens is 204 g/mol. The van der Waals surface area contributed by atoms with E-state index in [9.17, 15) is 4.79 Å². The molecule has 0 aromatic carbocycles. The van der Waals surface area contributed by atoms with Crippen LogP contribution in [0.5, 0.6) is 0 Å². The molecule has 0 spiro atoms. The molecule has 5 nitrogen and oxygen atoms in total. The maximum atomic E-state index is 11.8. The lowest BCUT2D eigenvalue weighted by Crippen LogP contribution is -2.45. The molecule has 0 aliphatic carbocycles. The van der Waals surface area contributed by atoms with Gasteiger partial charge in [0.05, 0.1) is 6.04 Å². The number of hydrogen-bond donors (Lipinski definition) is 3. The van der Waals surface area contributed by atoms with Crippen LogP contribution < -0.4 is 11.1 Å². The number of amides is 1. The van der Waals surface area contributed by atoms with Gasteiger partial charge in [0.25, 0.3) is 0 Å². The van der Waals surface area contributed by atoms with Gasteiger partial charge in [-0.05, 0) is 19.3 Å². The van der Waals surface area contributed by atoms with Crippen LogP contribution in [-0.2, 0) is 4.79 Å². The third-order valence-electron chi connectivity index (χ3n) is 2.71. The number of hydrogen-bond acceptors (Lipinski definition) is 3. The van der Waals surface area contributed by atoms with Crippen molar-refractivity contribution in [3.05, 3.63) is 11.3 Å². The first-order valence-electron chi connectivity index (χ1n) is 5.31. The van der Waals surface area contributed by atoms with E-state index < -0.39 is 6.04 Å². The van der Waals surface area contributed by atoms with E-state index in [1.165, 1.54) is 0 Å². The second-order valence-corrected chi connectivity index (χ2v) is 5.16. The summed E-state index contributed by atoms with van der Waals surface area (Å²) < 4.78 is 0. The number of anilines is 1. The van der Waals surface area contributed by atoms with Crippen LogP contribution in [-0.4, -0.2) is 22.1 Å². The smallest absolute Gasteiger partial charge is 0.243 e. The summed E-state index contributed by atoms with van der Waals surface area (Å²) in [7, 11) is 0. The van der Waals surface area contributed by atoms with E-state index in [-0.39, 0.29) is 11.3 Å². The Morgan fingerprint density at radius 3 is 2.38 bits per heavy atom. The lowest BCUT2D eigenvalue weighted by molar-refractivity contribution is -0.119. The van der Waals surface area contributed by atoms with Gasteiger partial charge in [-0.1, -0.05) is 20.8 Å². The van der Waals surface area contributed by atoms with Gasteiger partial charge in [-0.3, -0.25) is 9.89 Å². The van der Waals surface area contributed by atoms with Gasteiger partial charge in [0.15, 0.2) is 5.82 Å². The molecule has 0 unspecified atom stereocenters. The normalized spacial score (nSPS) is 13.6. The number of aromatic nitrogens is 2. The molecule has 0 aliphatic heterocycles. The number of carbonyl (C=O) groups excluding carboxylic acids is 1. The van der Waals surface area contributed by atoms with Gasteiger partial charge in [-0.25, -0.2) is 0 Å². The first-order chi connectivity index (χ1) is 7.23. The first-order valence-corrected chi connectivity index (χ1v) is 5.31. The molecule has 16 heavy (non-hydrogen) atoms. The molecular formula is C11H20N4O. The van der Waals surface area contributed by atoms with E-state index in [0.717, 1.165) is 11.3 Å². The predicted octanol–water partition coefficient (Wildman–Crippen LogP) is 1.34. The lowest BCUT2D eigenvalue weighted by atomic mass is 9.87. The highest BCUT2D eigenvalue weighted by Gasteiger charge is 2.28. The highest BCUT2D eigenvalue weighted by Crippen LogP contribution is 2.20. The number of rotatable bonds is 2. The standard InChI is InChI=1S/C11H20N4O/c1-6-7(2)14-15-9(6)13-10(16)8(12)11(3,4)5/h8H,12H2,1-5H3,(H2,13,14,15,16)/t8-/m0/s1. The molecule has 1 aromatic heterocycles. The highest BCUT2D eigenvalue weighted by atomic mass is 16.2. The monoisotopic (exact) mass is 224 g/mol. The first kappa shape index (κ1) is 12.7. The van der Waals surface area contributed by atoms with E-state index in [0.29, 0.717) is 5.82 Å². The van der Waals surface area contributed by atoms with Crippen LogP contribution in [0.1, 0.15) is 32.0 Å². The third kappa shape index (κ3) is 2.61. The van der Waals surface area contributed by atoms with Crippen molar-refractivity contribution in [3.8, 4) is 0 Å². The molecule has 0 radical (unpaired) electrons. The van der Waals surface area contributed by atoms with E-state index in [4.69, 9.17) is 5.73 Å². The topological polar surface area (TPSA) is 83.8 Å². The predicted molar refractivity (Wildman–Crippen MR) is 64.1 cm³/mol. The van der Waals surface area contributed by atoms with Gasteiger partial charge < -0.3 is 11.1 Å². The van der Waals surface area contributed by atoms with E-state index in [2.05, 4.69) is 15.5 Å². The van der Waals surface area contributed by atoms with Gasteiger partial charge in [0, 0.05) is 11.3 Å². The zero-order valence-corrected chi connectivity index (χ0v) is 10.5. The Hall–Kier alpha value is -1.36. The zero-order chi connectivity index (χ0) is 12.5. The summed E-state index contributed by atoms with van der Waals surface area (Å²) in [4.78, 5) is 11.8. The van der Waals surface area contributed by atoms with Crippen molar-refractivity contribution >= 4 is 11.7 Å². The summed E-state index contributed by atoms with van der Waals surface area (Å²) in [5.74, 6) is 0.351. The Balaban J connectivity index is 2.76. The zero-order valence-electron chi connectivity index (χ0n) is 10.5. The van der Waals surface area contributed by atoms with Crippen molar-refractivity contribution in [1.29, 1.82) is 0 Å². The Morgan fingerprint density at radius 2 is 2.00 bits per heavy atom. The van der Waals surface area contributed by atoms with Crippen molar-refractivity contribution in [1.82, 2.24) is 10.2 Å². The van der Waals surface area contributed by atoms with E-state index in [1.54, 1.807) is 0 Å². The summed E-state index contributed by atoms with van der Waals surface area (Å²) in [5.41, 5.74) is 7.47. The quantitative estimate of drug-likeness (QED) is 0.708. The molecule has 1 heterocycles. The number of aryl methyl sites for hydroxylation is 1. The van der Waals surface area contributed by atoms with Crippen molar-refractivity contribution in [3.63, 3.8) is 0 Å². The number of H-pyrrole nitrogens is 1. The maximum absolute atomic E-state index is 11.8. The summed E-state index contributed by atoms with van der Waals surface area (Å²) in [5, 5.41) is 9.55. The van der Waals surface area contributed by atoms with Crippen molar-refractivity contribution in [2.24, 2.45) is 11.1 Å². The molecule has 0 saturated heterocycles. The number of aromatic amines is 1. The Morgan fingerprint density at radius 1 is 1.44 bits per heavy atom. The number of carbonyl (C=O) groups is 1. The van der Waals surface area contributed by atoms with Gasteiger partial charge in [0.1, 0.15) is 0 Å². The SMILES string of the molecule is Cc1[nH]nc(NC(=O)[C@H](N)C(C)(C)C)c1C. The molecule has 5 heteroatoms. The molecule has 90 valence electrons. The summed E-state index contributed by atoms with van der Waals surface area (Å²) in [6.45, 7) is 9.60. The highest BCUT2D eigenvalue weighted by molar-refractivity contribution is 5.95. The van der Waals surface area contributed by atoms with Gasteiger partial charge in [0.2, 0.25) is 5.91 Å².